The molecule has 1 aromatic heterocycles. The molecule has 0 saturated carbocycles. The van der Waals surface area contributed by atoms with Crippen molar-refractivity contribution in [3.05, 3.63) is 108 Å². The van der Waals surface area contributed by atoms with E-state index in [1.165, 1.54) is 10.7 Å². The number of benzene rings is 3. The Balaban J connectivity index is 1.88. The van der Waals surface area contributed by atoms with E-state index in [1.54, 1.807) is 18.2 Å². The summed E-state index contributed by atoms with van der Waals surface area (Å²) >= 11 is 0. The molecule has 0 spiro atoms. The lowest BCUT2D eigenvalue weighted by Gasteiger charge is -2.09. The van der Waals surface area contributed by atoms with Gasteiger partial charge in [0.2, 0.25) is 0 Å². The number of hydrogen-bond acceptors (Lipinski definition) is 3. The van der Waals surface area contributed by atoms with Crippen LogP contribution in [0, 0.1) is 5.82 Å². The van der Waals surface area contributed by atoms with Gasteiger partial charge in [-0.2, -0.15) is 4.68 Å². The van der Waals surface area contributed by atoms with E-state index < -0.39 is 0 Å². The number of hydrogen-bond donors (Lipinski definition) is 0. The highest BCUT2D eigenvalue weighted by atomic mass is 19.1. The van der Waals surface area contributed by atoms with Gasteiger partial charge in [-0.1, -0.05) is 72.8 Å². The summed E-state index contributed by atoms with van der Waals surface area (Å²) in [5.41, 5.74) is 3.33. The topological polar surface area (TPSA) is 43.6 Å². The highest BCUT2D eigenvalue weighted by Crippen LogP contribution is 2.26. The molecule has 5 heteroatoms. The summed E-state index contributed by atoms with van der Waals surface area (Å²) in [6.45, 7) is 0. The van der Waals surface area contributed by atoms with Gasteiger partial charge in [-0.3, -0.25) is 0 Å². The zero-order valence-electron chi connectivity index (χ0n) is 13.8. The van der Waals surface area contributed by atoms with Crippen molar-refractivity contribution in [1.29, 1.82) is 0 Å². The van der Waals surface area contributed by atoms with E-state index in [4.69, 9.17) is 0 Å². The van der Waals surface area contributed by atoms with Crippen LogP contribution in [-0.2, 0) is 0 Å². The number of para-hydroxylation sites is 1. The minimum atomic E-state index is -0.379. The number of halogens is 1. The van der Waals surface area contributed by atoms with E-state index >= 15 is 0 Å². The first-order chi connectivity index (χ1) is 12.8. The van der Waals surface area contributed by atoms with Crippen molar-refractivity contribution in [1.82, 2.24) is 20.2 Å². The third-order valence-corrected chi connectivity index (χ3v) is 4.02. The average molecular weight is 342 g/mol. The van der Waals surface area contributed by atoms with Gasteiger partial charge in [-0.25, -0.2) is 4.39 Å². The van der Waals surface area contributed by atoms with Crippen LogP contribution >= 0.6 is 0 Å². The summed E-state index contributed by atoms with van der Waals surface area (Å²) in [6.07, 6.45) is 1.87. The van der Waals surface area contributed by atoms with Crippen molar-refractivity contribution in [3.63, 3.8) is 0 Å². The van der Waals surface area contributed by atoms with Gasteiger partial charge < -0.3 is 0 Å². The van der Waals surface area contributed by atoms with Crippen LogP contribution in [0.15, 0.2) is 84.9 Å². The van der Waals surface area contributed by atoms with Gasteiger partial charge in [0.15, 0.2) is 5.82 Å². The second-order valence-corrected chi connectivity index (χ2v) is 5.69. The summed E-state index contributed by atoms with van der Waals surface area (Å²) in [6, 6.07) is 26.4. The molecule has 0 aliphatic heterocycles. The fourth-order valence-electron chi connectivity index (χ4n) is 2.78. The zero-order valence-corrected chi connectivity index (χ0v) is 13.8. The summed E-state index contributed by atoms with van der Waals surface area (Å²) in [4.78, 5) is 0. The van der Waals surface area contributed by atoms with Crippen LogP contribution in [0.4, 0.5) is 4.39 Å². The highest BCUT2D eigenvalue weighted by molar-refractivity contribution is 5.90. The Kier molecular flexibility index (Phi) is 4.35. The molecule has 0 aliphatic rings. The lowest BCUT2D eigenvalue weighted by molar-refractivity contribution is 0.606. The molecule has 0 unspecified atom stereocenters. The minimum absolute atomic E-state index is 0.309. The van der Waals surface area contributed by atoms with Crippen LogP contribution in [-0.4, -0.2) is 20.2 Å². The Morgan fingerprint density at radius 3 is 1.96 bits per heavy atom. The summed E-state index contributed by atoms with van der Waals surface area (Å²) in [5, 5.41) is 11.8. The molecule has 0 fully saturated rings. The Morgan fingerprint density at radius 1 is 0.769 bits per heavy atom. The van der Waals surface area contributed by atoms with E-state index in [0.29, 0.717) is 11.5 Å². The summed E-state index contributed by atoms with van der Waals surface area (Å²) < 4.78 is 15.6. The van der Waals surface area contributed by atoms with E-state index in [2.05, 4.69) is 15.5 Å². The van der Waals surface area contributed by atoms with Crippen LogP contribution in [0.1, 0.15) is 17.0 Å². The molecule has 0 atom stereocenters. The molecule has 0 aliphatic carbocycles. The Bertz CT molecular complexity index is 998. The van der Waals surface area contributed by atoms with Gasteiger partial charge in [0, 0.05) is 0 Å². The van der Waals surface area contributed by atoms with Crippen molar-refractivity contribution in [2.24, 2.45) is 0 Å². The first kappa shape index (κ1) is 15.9. The van der Waals surface area contributed by atoms with Crippen molar-refractivity contribution in [2.75, 3.05) is 0 Å². The van der Waals surface area contributed by atoms with Crippen molar-refractivity contribution in [3.8, 4) is 5.69 Å². The third kappa shape index (κ3) is 3.15. The fourth-order valence-corrected chi connectivity index (χ4v) is 2.78. The van der Waals surface area contributed by atoms with Gasteiger partial charge >= 0.3 is 0 Å². The maximum Gasteiger partial charge on any atom is 0.180 e. The molecule has 3 aromatic carbocycles. The minimum Gasteiger partial charge on any atom is -0.205 e. The quantitative estimate of drug-likeness (QED) is 0.552. The zero-order chi connectivity index (χ0) is 17.8. The molecule has 4 rings (SSSR count). The molecule has 0 amide bonds. The number of rotatable bonds is 4. The van der Waals surface area contributed by atoms with Crippen LogP contribution in [0.5, 0.6) is 0 Å². The predicted molar refractivity (Wildman–Crippen MR) is 99.0 cm³/mol. The molecule has 1 heterocycles. The van der Waals surface area contributed by atoms with E-state index in [-0.39, 0.29) is 5.82 Å². The third-order valence-electron chi connectivity index (χ3n) is 4.02. The first-order valence-electron chi connectivity index (χ1n) is 8.19. The highest BCUT2D eigenvalue weighted by Gasteiger charge is 2.12. The number of tetrazole rings is 1. The van der Waals surface area contributed by atoms with Crippen LogP contribution in [0.25, 0.3) is 17.3 Å². The number of nitrogens with zero attached hydrogens (tertiary/aromatic N) is 4. The van der Waals surface area contributed by atoms with Crippen molar-refractivity contribution < 1.29 is 4.39 Å². The largest absolute Gasteiger partial charge is 0.205 e. The van der Waals surface area contributed by atoms with E-state index in [0.717, 1.165) is 16.7 Å². The first-order valence-corrected chi connectivity index (χ1v) is 8.19. The maximum absolute atomic E-state index is 14.2. The average Bonchev–Trinajstić information content (AvgIpc) is 3.16. The standard InChI is InChI=1S/C21H15FN4/c22-19-13-7-8-14-20(19)26-21(23-24-25-26)15-18(16-9-3-1-4-10-16)17-11-5-2-6-12-17/h1-15H. The SMILES string of the molecule is Fc1ccccc1-n1nnnc1C=C(c1ccccc1)c1ccccc1. The molecule has 0 N–H and O–H groups in total. The van der Waals surface area contributed by atoms with Crippen LogP contribution < -0.4 is 0 Å². The number of aromatic nitrogens is 4. The molecule has 0 radical (unpaired) electrons. The molecular formula is C21H15FN4. The normalized spacial score (nSPS) is 10.5. The summed E-state index contributed by atoms with van der Waals surface area (Å²) in [7, 11) is 0. The lowest BCUT2D eigenvalue weighted by atomic mass is 9.97. The van der Waals surface area contributed by atoms with Gasteiger partial charge in [0.1, 0.15) is 11.5 Å². The van der Waals surface area contributed by atoms with Crippen molar-refractivity contribution >= 4 is 11.6 Å². The molecule has 26 heavy (non-hydrogen) atoms. The van der Waals surface area contributed by atoms with Crippen molar-refractivity contribution in [2.45, 2.75) is 0 Å². The second kappa shape index (κ2) is 7.11. The maximum atomic E-state index is 14.2. The fraction of sp³-hybridized carbons (Fsp3) is 0. The molecule has 126 valence electrons. The Hall–Kier alpha value is -3.60. The predicted octanol–water partition coefficient (Wildman–Crippen LogP) is 4.39. The molecule has 4 aromatic rings. The summed E-state index contributed by atoms with van der Waals surface area (Å²) in [5.74, 6) is 0.0771. The van der Waals surface area contributed by atoms with Gasteiger partial charge in [0.05, 0.1) is 0 Å². The Labute approximate surface area is 150 Å². The molecule has 0 bridgehead atoms. The second-order valence-electron chi connectivity index (χ2n) is 5.69. The van der Waals surface area contributed by atoms with Crippen LogP contribution in [0.2, 0.25) is 0 Å². The van der Waals surface area contributed by atoms with Crippen LogP contribution in [0.3, 0.4) is 0 Å². The lowest BCUT2D eigenvalue weighted by Crippen LogP contribution is -2.03. The van der Waals surface area contributed by atoms with E-state index in [9.17, 15) is 4.39 Å². The monoisotopic (exact) mass is 342 g/mol. The smallest absolute Gasteiger partial charge is 0.180 e. The molecule has 0 saturated heterocycles. The Morgan fingerprint density at radius 2 is 1.35 bits per heavy atom. The molecular weight excluding hydrogens is 327 g/mol. The molecule has 4 nitrogen and oxygen atoms in total. The van der Waals surface area contributed by atoms with Gasteiger partial charge in [-0.15, -0.1) is 5.10 Å². The van der Waals surface area contributed by atoms with E-state index in [1.807, 2.05) is 66.7 Å². The van der Waals surface area contributed by atoms with Gasteiger partial charge in [0.25, 0.3) is 0 Å². The van der Waals surface area contributed by atoms with Gasteiger partial charge in [-0.05, 0) is 45.3 Å².